The SMILES string of the molecule is COC(=O)c1cnc(-c2nc(C)cs2)cc1C(=O)OC. The van der Waals surface area contributed by atoms with Crippen LogP contribution in [-0.2, 0) is 9.47 Å². The summed E-state index contributed by atoms with van der Waals surface area (Å²) in [6, 6.07) is 1.48. The van der Waals surface area contributed by atoms with Crippen molar-refractivity contribution < 1.29 is 19.1 Å². The van der Waals surface area contributed by atoms with Gasteiger partial charge >= 0.3 is 11.9 Å². The molecule has 0 aliphatic rings. The second-order valence-corrected chi connectivity index (χ2v) is 4.75. The maximum atomic E-state index is 11.8. The molecule has 0 aromatic carbocycles. The molecule has 7 heteroatoms. The molecule has 0 bridgehead atoms. The van der Waals surface area contributed by atoms with Crippen LogP contribution in [0.3, 0.4) is 0 Å². The van der Waals surface area contributed by atoms with Crippen molar-refractivity contribution in [2.75, 3.05) is 14.2 Å². The first-order chi connectivity index (χ1) is 9.56. The van der Waals surface area contributed by atoms with E-state index in [0.717, 1.165) is 5.69 Å². The standard InChI is InChI=1S/C13H12N2O4S/c1-7-6-20-11(15-7)10-4-8(12(16)18-2)9(5-14-10)13(17)19-3/h4-6H,1-3H3. The van der Waals surface area contributed by atoms with E-state index in [9.17, 15) is 9.59 Å². The predicted octanol–water partition coefficient (Wildman–Crippen LogP) is 2.09. The van der Waals surface area contributed by atoms with Gasteiger partial charge in [-0.15, -0.1) is 11.3 Å². The molecule has 0 atom stereocenters. The fourth-order valence-electron chi connectivity index (χ4n) is 1.60. The molecule has 104 valence electrons. The number of esters is 2. The number of carbonyl (C=O) groups excluding carboxylic acids is 2. The first-order valence-electron chi connectivity index (χ1n) is 5.66. The Hall–Kier alpha value is -2.28. The number of aromatic nitrogens is 2. The van der Waals surface area contributed by atoms with Crippen LogP contribution in [0.4, 0.5) is 0 Å². The molecule has 0 saturated heterocycles. The Bertz CT molecular complexity index is 666. The van der Waals surface area contributed by atoms with Gasteiger partial charge in [0, 0.05) is 17.3 Å². The van der Waals surface area contributed by atoms with E-state index in [2.05, 4.69) is 19.4 Å². The number of hydrogen-bond acceptors (Lipinski definition) is 7. The minimum absolute atomic E-state index is 0.0661. The van der Waals surface area contributed by atoms with Crippen molar-refractivity contribution in [3.05, 3.63) is 34.5 Å². The molecule has 2 aromatic heterocycles. The molecule has 0 aliphatic heterocycles. The van der Waals surface area contributed by atoms with Crippen molar-refractivity contribution >= 4 is 23.3 Å². The quantitative estimate of drug-likeness (QED) is 0.806. The van der Waals surface area contributed by atoms with Gasteiger partial charge in [-0.05, 0) is 13.0 Å². The van der Waals surface area contributed by atoms with E-state index in [1.807, 2.05) is 12.3 Å². The molecule has 0 unspecified atom stereocenters. The molecule has 0 radical (unpaired) electrons. The Morgan fingerprint density at radius 3 is 2.35 bits per heavy atom. The summed E-state index contributed by atoms with van der Waals surface area (Å²) in [7, 11) is 2.48. The number of thiazole rings is 1. The van der Waals surface area contributed by atoms with Crippen molar-refractivity contribution in [1.82, 2.24) is 9.97 Å². The zero-order valence-corrected chi connectivity index (χ0v) is 12.0. The lowest BCUT2D eigenvalue weighted by Crippen LogP contribution is -2.12. The summed E-state index contributed by atoms with van der Waals surface area (Å²) in [5.74, 6) is -1.26. The number of rotatable bonds is 3. The van der Waals surface area contributed by atoms with Gasteiger partial charge in [-0.2, -0.15) is 0 Å². The Labute approximate surface area is 119 Å². The summed E-state index contributed by atoms with van der Waals surface area (Å²) < 4.78 is 9.30. The van der Waals surface area contributed by atoms with Gasteiger partial charge in [0.15, 0.2) is 0 Å². The van der Waals surface area contributed by atoms with E-state index in [1.165, 1.54) is 37.8 Å². The van der Waals surface area contributed by atoms with Gasteiger partial charge in [0.25, 0.3) is 0 Å². The van der Waals surface area contributed by atoms with Crippen molar-refractivity contribution in [3.63, 3.8) is 0 Å². The average Bonchev–Trinajstić information content (AvgIpc) is 2.91. The number of aryl methyl sites for hydroxylation is 1. The molecule has 2 rings (SSSR count). The van der Waals surface area contributed by atoms with Gasteiger partial charge < -0.3 is 9.47 Å². The fraction of sp³-hybridized carbons (Fsp3) is 0.231. The molecular formula is C13H12N2O4S. The summed E-state index contributed by atoms with van der Waals surface area (Å²) >= 11 is 1.41. The Kier molecular flexibility index (Phi) is 4.09. The molecule has 0 N–H and O–H groups in total. The molecular weight excluding hydrogens is 280 g/mol. The largest absolute Gasteiger partial charge is 0.465 e. The summed E-state index contributed by atoms with van der Waals surface area (Å²) in [5.41, 5.74) is 1.55. The van der Waals surface area contributed by atoms with Crippen LogP contribution >= 0.6 is 11.3 Å². The number of nitrogens with zero attached hydrogens (tertiary/aromatic N) is 2. The maximum Gasteiger partial charge on any atom is 0.340 e. The molecule has 0 fully saturated rings. The predicted molar refractivity (Wildman–Crippen MR) is 72.8 cm³/mol. The maximum absolute atomic E-state index is 11.8. The van der Waals surface area contributed by atoms with Crippen LogP contribution in [0.5, 0.6) is 0 Å². The number of methoxy groups -OCH3 is 2. The van der Waals surface area contributed by atoms with Crippen LogP contribution in [0.25, 0.3) is 10.7 Å². The Morgan fingerprint density at radius 1 is 1.15 bits per heavy atom. The Morgan fingerprint density at radius 2 is 1.80 bits per heavy atom. The monoisotopic (exact) mass is 292 g/mol. The highest BCUT2D eigenvalue weighted by Gasteiger charge is 2.20. The first-order valence-corrected chi connectivity index (χ1v) is 6.54. The van der Waals surface area contributed by atoms with Gasteiger partial charge in [-0.3, -0.25) is 4.98 Å². The highest BCUT2D eigenvalue weighted by Crippen LogP contribution is 2.24. The van der Waals surface area contributed by atoms with Crippen LogP contribution in [-0.4, -0.2) is 36.1 Å². The second kappa shape index (κ2) is 5.79. The third-order valence-corrected chi connectivity index (χ3v) is 3.54. The Balaban J connectivity index is 2.53. The summed E-state index contributed by atoms with van der Waals surface area (Å²) in [4.78, 5) is 31.8. The average molecular weight is 292 g/mol. The molecule has 0 saturated carbocycles. The summed E-state index contributed by atoms with van der Waals surface area (Å²) in [5, 5.41) is 2.55. The van der Waals surface area contributed by atoms with E-state index in [0.29, 0.717) is 10.7 Å². The van der Waals surface area contributed by atoms with Gasteiger partial charge in [-0.25, -0.2) is 14.6 Å². The van der Waals surface area contributed by atoms with Crippen LogP contribution in [0.2, 0.25) is 0 Å². The number of carbonyl (C=O) groups is 2. The van der Waals surface area contributed by atoms with Crippen molar-refractivity contribution in [3.8, 4) is 10.7 Å². The lowest BCUT2D eigenvalue weighted by molar-refractivity contribution is 0.0555. The van der Waals surface area contributed by atoms with Crippen LogP contribution < -0.4 is 0 Å². The molecule has 20 heavy (non-hydrogen) atoms. The summed E-state index contributed by atoms with van der Waals surface area (Å²) in [6.45, 7) is 1.87. The minimum Gasteiger partial charge on any atom is -0.465 e. The zero-order valence-electron chi connectivity index (χ0n) is 11.2. The molecule has 0 aliphatic carbocycles. The van der Waals surface area contributed by atoms with Gasteiger partial charge in [0.2, 0.25) is 0 Å². The van der Waals surface area contributed by atoms with Crippen LogP contribution in [0, 0.1) is 6.92 Å². The van der Waals surface area contributed by atoms with Crippen LogP contribution in [0.15, 0.2) is 17.6 Å². The zero-order chi connectivity index (χ0) is 14.7. The molecule has 2 heterocycles. The third kappa shape index (κ3) is 2.67. The van der Waals surface area contributed by atoms with E-state index in [1.54, 1.807) is 0 Å². The highest BCUT2D eigenvalue weighted by atomic mass is 32.1. The van der Waals surface area contributed by atoms with Crippen LogP contribution in [0.1, 0.15) is 26.4 Å². The molecule has 0 amide bonds. The number of hydrogen-bond donors (Lipinski definition) is 0. The first kappa shape index (κ1) is 14.1. The minimum atomic E-state index is -0.639. The van der Waals surface area contributed by atoms with Gasteiger partial charge in [0.1, 0.15) is 5.01 Å². The third-order valence-electron chi connectivity index (χ3n) is 2.55. The normalized spacial score (nSPS) is 10.2. The lowest BCUT2D eigenvalue weighted by atomic mass is 10.1. The smallest absolute Gasteiger partial charge is 0.340 e. The fourth-order valence-corrected chi connectivity index (χ4v) is 2.36. The number of ether oxygens (including phenoxy) is 2. The molecule has 6 nitrogen and oxygen atoms in total. The van der Waals surface area contributed by atoms with E-state index in [4.69, 9.17) is 0 Å². The van der Waals surface area contributed by atoms with E-state index >= 15 is 0 Å². The van der Waals surface area contributed by atoms with Gasteiger partial charge in [-0.1, -0.05) is 0 Å². The van der Waals surface area contributed by atoms with Crippen molar-refractivity contribution in [2.45, 2.75) is 6.92 Å². The van der Waals surface area contributed by atoms with E-state index in [-0.39, 0.29) is 11.1 Å². The van der Waals surface area contributed by atoms with Crippen molar-refractivity contribution in [2.24, 2.45) is 0 Å². The number of pyridine rings is 1. The highest BCUT2D eigenvalue weighted by molar-refractivity contribution is 7.13. The van der Waals surface area contributed by atoms with Gasteiger partial charge in [0.05, 0.1) is 31.0 Å². The topological polar surface area (TPSA) is 78.4 Å². The summed E-state index contributed by atoms with van der Waals surface area (Å²) in [6.07, 6.45) is 1.30. The van der Waals surface area contributed by atoms with Crippen molar-refractivity contribution in [1.29, 1.82) is 0 Å². The molecule has 2 aromatic rings. The lowest BCUT2D eigenvalue weighted by Gasteiger charge is -2.07. The molecule has 0 spiro atoms. The second-order valence-electron chi connectivity index (χ2n) is 3.89. The van der Waals surface area contributed by atoms with E-state index < -0.39 is 11.9 Å².